The molecular formula is C28H38N4O3. The second-order valence-corrected chi connectivity index (χ2v) is 9.79. The van der Waals surface area contributed by atoms with Crippen molar-refractivity contribution in [2.24, 2.45) is 5.92 Å². The number of morpholine rings is 1. The number of aryl methyl sites for hydroxylation is 1. The summed E-state index contributed by atoms with van der Waals surface area (Å²) >= 11 is 0. The lowest BCUT2D eigenvalue weighted by Crippen LogP contribution is -2.38. The normalized spacial score (nSPS) is 17.3. The zero-order valence-corrected chi connectivity index (χ0v) is 21.0. The smallest absolute Gasteiger partial charge is 0.255 e. The molecular weight excluding hydrogens is 440 g/mol. The van der Waals surface area contributed by atoms with Crippen LogP contribution in [0.5, 0.6) is 0 Å². The van der Waals surface area contributed by atoms with E-state index in [1.807, 2.05) is 49.4 Å². The topological polar surface area (TPSA) is 73.9 Å². The number of ether oxygens (including phenoxy) is 1. The van der Waals surface area contributed by atoms with Crippen molar-refractivity contribution < 1.29 is 14.3 Å². The predicted molar refractivity (Wildman–Crippen MR) is 140 cm³/mol. The van der Waals surface area contributed by atoms with Crippen molar-refractivity contribution in [2.75, 3.05) is 62.7 Å². The van der Waals surface area contributed by atoms with E-state index in [1.54, 1.807) is 0 Å². The van der Waals surface area contributed by atoms with Crippen LogP contribution in [-0.4, -0.2) is 69.2 Å². The van der Waals surface area contributed by atoms with Crippen LogP contribution in [0, 0.1) is 12.8 Å². The molecule has 7 heteroatoms. The summed E-state index contributed by atoms with van der Waals surface area (Å²) in [5.41, 5.74) is 3.89. The number of amides is 2. The Kier molecular flexibility index (Phi) is 8.77. The van der Waals surface area contributed by atoms with Crippen molar-refractivity contribution in [3.8, 4) is 0 Å². The van der Waals surface area contributed by atoms with Gasteiger partial charge in [0.1, 0.15) is 0 Å². The second kappa shape index (κ2) is 12.2. The van der Waals surface area contributed by atoms with Crippen molar-refractivity contribution in [2.45, 2.75) is 33.1 Å². The standard InChI is InChI=1S/C28H38N4O3/c1-21-4-6-23(7-5-21)27(33)30-24-8-9-26(32-14-10-22(2)11-15-32)25(20-24)28(34)29-12-3-13-31-16-18-35-19-17-31/h4-9,20,22H,3,10-19H2,1-2H3,(H,29,34)(H,30,33). The number of piperidine rings is 1. The van der Waals surface area contributed by atoms with E-state index in [9.17, 15) is 9.59 Å². The van der Waals surface area contributed by atoms with Gasteiger partial charge in [-0.2, -0.15) is 0 Å². The molecule has 2 aliphatic rings. The van der Waals surface area contributed by atoms with Gasteiger partial charge in [-0.05, 0) is 69.0 Å². The summed E-state index contributed by atoms with van der Waals surface area (Å²) in [6.45, 7) is 11.2. The van der Waals surface area contributed by atoms with E-state index in [0.717, 1.165) is 76.5 Å². The molecule has 2 fully saturated rings. The molecule has 0 saturated carbocycles. The third kappa shape index (κ3) is 7.05. The first-order valence-corrected chi connectivity index (χ1v) is 12.8. The van der Waals surface area contributed by atoms with E-state index in [1.165, 1.54) is 0 Å². The molecule has 4 rings (SSSR count). The van der Waals surface area contributed by atoms with Crippen LogP contribution in [0.2, 0.25) is 0 Å². The molecule has 0 spiro atoms. The van der Waals surface area contributed by atoms with Crippen molar-refractivity contribution >= 4 is 23.2 Å². The van der Waals surface area contributed by atoms with Crippen LogP contribution in [0.25, 0.3) is 0 Å². The molecule has 2 aromatic rings. The maximum absolute atomic E-state index is 13.3. The van der Waals surface area contributed by atoms with Gasteiger partial charge in [0.15, 0.2) is 0 Å². The Balaban J connectivity index is 1.44. The molecule has 2 amide bonds. The van der Waals surface area contributed by atoms with Crippen LogP contribution in [0.15, 0.2) is 42.5 Å². The summed E-state index contributed by atoms with van der Waals surface area (Å²) in [5.74, 6) is 0.435. The van der Waals surface area contributed by atoms with Crippen LogP contribution in [0.1, 0.15) is 52.5 Å². The van der Waals surface area contributed by atoms with Gasteiger partial charge in [-0.15, -0.1) is 0 Å². The SMILES string of the molecule is Cc1ccc(C(=O)Nc2ccc(N3CCC(C)CC3)c(C(=O)NCCCN3CCOCC3)c2)cc1. The van der Waals surface area contributed by atoms with Crippen molar-refractivity contribution in [3.05, 3.63) is 59.2 Å². The fourth-order valence-corrected chi connectivity index (χ4v) is 4.65. The summed E-state index contributed by atoms with van der Waals surface area (Å²) in [7, 11) is 0. The lowest BCUT2D eigenvalue weighted by molar-refractivity contribution is 0.0374. The summed E-state index contributed by atoms with van der Waals surface area (Å²) in [6.07, 6.45) is 3.13. The number of nitrogens with one attached hydrogen (secondary N) is 2. The number of anilines is 2. The number of carbonyl (C=O) groups is 2. The first-order valence-electron chi connectivity index (χ1n) is 12.8. The number of carbonyl (C=O) groups excluding carboxylic acids is 2. The molecule has 2 aromatic carbocycles. The summed E-state index contributed by atoms with van der Waals surface area (Å²) in [5, 5.41) is 6.07. The molecule has 35 heavy (non-hydrogen) atoms. The van der Waals surface area contributed by atoms with Crippen molar-refractivity contribution in [1.82, 2.24) is 10.2 Å². The third-order valence-electron chi connectivity index (χ3n) is 6.98. The molecule has 0 aromatic heterocycles. The molecule has 0 aliphatic carbocycles. The molecule has 188 valence electrons. The fourth-order valence-electron chi connectivity index (χ4n) is 4.65. The van der Waals surface area contributed by atoms with E-state index >= 15 is 0 Å². The lowest BCUT2D eigenvalue weighted by Gasteiger charge is -2.33. The van der Waals surface area contributed by atoms with Crippen LogP contribution in [0.3, 0.4) is 0 Å². The molecule has 0 bridgehead atoms. The van der Waals surface area contributed by atoms with Crippen molar-refractivity contribution in [1.29, 1.82) is 0 Å². The van der Waals surface area contributed by atoms with Gasteiger partial charge in [-0.1, -0.05) is 24.6 Å². The Hall–Kier alpha value is -2.90. The van der Waals surface area contributed by atoms with Gasteiger partial charge in [0.25, 0.3) is 11.8 Å². The molecule has 2 N–H and O–H groups in total. The molecule has 0 unspecified atom stereocenters. The maximum Gasteiger partial charge on any atom is 0.255 e. The monoisotopic (exact) mass is 478 g/mol. The van der Waals surface area contributed by atoms with Crippen LogP contribution < -0.4 is 15.5 Å². The third-order valence-corrected chi connectivity index (χ3v) is 6.98. The van der Waals surface area contributed by atoms with Crippen LogP contribution in [-0.2, 0) is 4.74 Å². The summed E-state index contributed by atoms with van der Waals surface area (Å²) < 4.78 is 5.41. The average molecular weight is 479 g/mol. The second-order valence-electron chi connectivity index (χ2n) is 9.79. The fraction of sp³-hybridized carbons (Fsp3) is 0.500. The molecule has 7 nitrogen and oxygen atoms in total. The number of benzene rings is 2. The Morgan fingerprint density at radius 1 is 0.971 bits per heavy atom. The molecule has 0 atom stereocenters. The van der Waals surface area contributed by atoms with Gasteiger partial charge >= 0.3 is 0 Å². The minimum Gasteiger partial charge on any atom is -0.379 e. The lowest BCUT2D eigenvalue weighted by atomic mass is 9.97. The minimum atomic E-state index is -0.179. The van der Waals surface area contributed by atoms with E-state index in [2.05, 4.69) is 27.4 Å². The van der Waals surface area contributed by atoms with Crippen LogP contribution in [0.4, 0.5) is 11.4 Å². The Morgan fingerprint density at radius 3 is 2.40 bits per heavy atom. The van der Waals surface area contributed by atoms with Gasteiger partial charge < -0.3 is 20.3 Å². The first kappa shape index (κ1) is 25.2. The van der Waals surface area contributed by atoms with Gasteiger partial charge in [-0.25, -0.2) is 0 Å². The Bertz CT molecular complexity index is 994. The Labute approximate surface area is 208 Å². The molecule has 2 saturated heterocycles. The van der Waals surface area contributed by atoms with E-state index in [-0.39, 0.29) is 11.8 Å². The molecule has 2 aliphatic heterocycles. The highest BCUT2D eigenvalue weighted by Crippen LogP contribution is 2.29. The quantitative estimate of drug-likeness (QED) is 0.563. The predicted octanol–water partition coefficient (Wildman–Crippen LogP) is 3.94. The minimum absolute atomic E-state index is 0.0907. The summed E-state index contributed by atoms with van der Waals surface area (Å²) in [4.78, 5) is 30.7. The highest BCUT2D eigenvalue weighted by molar-refractivity contribution is 6.06. The van der Waals surface area contributed by atoms with Crippen LogP contribution >= 0.6 is 0 Å². The zero-order chi connectivity index (χ0) is 24.6. The van der Waals surface area contributed by atoms with E-state index in [0.29, 0.717) is 29.3 Å². The zero-order valence-electron chi connectivity index (χ0n) is 21.0. The highest BCUT2D eigenvalue weighted by atomic mass is 16.5. The largest absolute Gasteiger partial charge is 0.379 e. The van der Waals surface area contributed by atoms with Crippen molar-refractivity contribution in [3.63, 3.8) is 0 Å². The number of hydrogen-bond donors (Lipinski definition) is 2. The highest BCUT2D eigenvalue weighted by Gasteiger charge is 2.22. The first-order chi connectivity index (χ1) is 17.0. The molecule has 2 heterocycles. The van der Waals surface area contributed by atoms with Gasteiger partial charge in [0.05, 0.1) is 18.8 Å². The van der Waals surface area contributed by atoms with Gasteiger partial charge in [0.2, 0.25) is 0 Å². The molecule has 0 radical (unpaired) electrons. The van der Waals surface area contributed by atoms with Gasteiger partial charge in [0, 0.05) is 49.7 Å². The number of nitrogens with zero attached hydrogens (tertiary/aromatic N) is 2. The summed E-state index contributed by atoms with van der Waals surface area (Å²) in [6, 6.07) is 13.2. The number of rotatable bonds is 8. The van der Waals surface area contributed by atoms with E-state index < -0.39 is 0 Å². The maximum atomic E-state index is 13.3. The number of hydrogen-bond acceptors (Lipinski definition) is 5. The van der Waals surface area contributed by atoms with E-state index in [4.69, 9.17) is 4.74 Å². The Morgan fingerprint density at radius 2 is 1.69 bits per heavy atom. The van der Waals surface area contributed by atoms with Gasteiger partial charge in [-0.3, -0.25) is 14.5 Å². The average Bonchev–Trinajstić information content (AvgIpc) is 2.88.